The van der Waals surface area contributed by atoms with Gasteiger partial charge in [-0.25, -0.2) is 9.78 Å². The van der Waals surface area contributed by atoms with Crippen LogP contribution in [0, 0.1) is 0 Å². The lowest BCUT2D eigenvalue weighted by molar-refractivity contribution is 0.0689. The molecule has 6 heteroatoms. The number of pyridine rings is 1. The molecule has 0 saturated carbocycles. The van der Waals surface area contributed by atoms with Gasteiger partial charge in [-0.1, -0.05) is 60.7 Å². The first kappa shape index (κ1) is 18.1. The second-order valence-electron chi connectivity index (χ2n) is 5.80. The maximum atomic E-state index is 12.9. The summed E-state index contributed by atoms with van der Waals surface area (Å²) in [5.74, 6) is -1.44. The lowest BCUT2D eigenvalue weighted by atomic mass is 9.98. The molecule has 6 nitrogen and oxygen atoms in total. The fourth-order valence-electron chi connectivity index (χ4n) is 2.75. The molecule has 0 aliphatic rings. The minimum absolute atomic E-state index is 0.153. The molecule has 0 fully saturated rings. The Balaban J connectivity index is 1.95. The molecule has 136 valence electrons. The number of hydrogen-bond donors (Lipinski definition) is 2. The molecule has 0 atom stereocenters. The van der Waals surface area contributed by atoms with Crippen molar-refractivity contribution in [2.24, 2.45) is 0 Å². The summed E-state index contributed by atoms with van der Waals surface area (Å²) in [5, 5.41) is 12.0. The zero-order valence-electron chi connectivity index (χ0n) is 14.6. The third-order valence-electron chi connectivity index (χ3n) is 4.09. The summed E-state index contributed by atoms with van der Waals surface area (Å²) in [6.07, 6.45) is 1.21. The second kappa shape index (κ2) is 8.14. The predicted octanol–water partition coefficient (Wildman–Crippen LogP) is 3.31. The number of methoxy groups -OCH3 is 1. The van der Waals surface area contributed by atoms with Crippen molar-refractivity contribution in [2.75, 3.05) is 7.11 Å². The van der Waals surface area contributed by atoms with E-state index in [0.29, 0.717) is 0 Å². The minimum atomic E-state index is -1.19. The first-order valence-corrected chi connectivity index (χ1v) is 8.28. The van der Waals surface area contributed by atoms with Crippen LogP contribution >= 0.6 is 0 Å². The van der Waals surface area contributed by atoms with E-state index in [4.69, 9.17) is 9.84 Å². The van der Waals surface area contributed by atoms with Gasteiger partial charge in [0.15, 0.2) is 5.69 Å². The molecule has 1 heterocycles. The van der Waals surface area contributed by atoms with Crippen molar-refractivity contribution in [1.29, 1.82) is 0 Å². The molecule has 27 heavy (non-hydrogen) atoms. The molecular weight excluding hydrogens is 344 g/mol. The quantitative estimate of drug-likeness (QED) is 0.702. The van der Waals surface area contributed by atoms with Gasteiger partial charge in [-0.15, -0.1) is 0 Å². The van der Waals surface area contributed by atoms with Crippen LogP contribution < -0.4 is 10.1 Å². The summed E-state index contributed by atoms with van der Waals surface area (Å²) in [7, 11) is 1.38. The van der Waals surface area contributed by atoms with Crippen LogP contribution in [0.15, 0.2) is 72.9 Å². The topological polar surface area (TPSA) is 88.5 Å². The summed E-state index contributed by atoms with van der Waals surface area (Å²) < 4.78 is 5.19. The highest BCUT2D eigenvalue weighted by molar-refractivity contribution is 5.98. The molecule has 0 saturated heterocycles. The summed E-state index contributed by atoms with van der Waals surface area (Å²) in [6, 6.07) is 20.0. The Morgan fingerprint density at radius 2 is 1.56 bits per heavy atom. The third-order valence-corrected chi connectivity index (χ3v) is 4.09. The minimum Gasteiger partial charge on any atom is -0.496 e. The number of hydrogen-bond acceptors (Lipinski definition) is 4. The Labute approximate surface area is 156 Å². The number of carboxylic acids is 1. The molecule has 1 aromatic heterocycles. The van der Waals surface area contributed by atoms with Gasteiger partial charge in [-0.2, -0.15) is 0 Å². The number of carbonyl (C=O) groups is 2. The van der Waals surface area contributed by atoms with Gasteiger partial charge in [0.25, 0.3) is 5.91 Å². The Kier molecular flexibility index (Phi) is 5.47. The molecule has 1 amide bonds. The van der Waals surface area contributed by atoms with Crippen molar-refractivity contribution in [2.45, 2.75) is 6.04 Å². The van der Waals surface area contributed by atoms with Crippen LogP contribution in [0.1, 0.15) is 38.0 Å². The highest BCUT2D eigenvalue weighted by atomic mass is 16.5. The molecule has 0 unspecified atom stereocenters. The van der Waals surface area contributed by atoms with Gasteiger partial charge in [-0.3, -0.25) is 4.79 Å². The molecule has 2 aromatic carbocycles. The zero-order valence-corrected chi connectivity index (χ0v) is 14.6. The van der Waals surface area contributed by atoms with Gasteiger partial charge in [0.05, 0.1) is 18.7 Å². The summed E-state index contributed by atoms with van der Waals surface area (Å²) in [6.45, 7) is 0. The van der Waals surface area contributed by atoms with Gasteiger partial charge in [0.2, 0.25) is 0 Å². The van der Waals surface area contributed by atoms with Crippen LogP contribution in [0.5, 0.6) is 5.75 Å². The summed E-state index contributed by atoms with van der Waals surface area (Å²) in [5.41, 5.74) is 1.82. The normalized spacial score (nSPS) is 10.4. The number of carbonyl (C=O) groups excluding carboxylic acids is 1. The molecular formula is C21H18N2O4. The Bertz CT molecular complexity index is 903. The first-order chi connectivity index (χ1) is 13.1. The van der Waals surface area contributed by atoms with Crippen molar-refractivity contribution in [3.8, 4) is 5.75 Å². The van der Waals surface area contributed by atoms with Crippen molar-refractivity contribution >= 4 is 11.9 Å². The number of nitrogens with zero attached hydrogens (tertiary/aromatic N) is 1. The Morgan fingerprint density at radius 1 is 1.00 bits per heavy atom. The van der Waals surface area contributed by atoms with Crippen molar-refractivity contribution in [3.05, 3.63) is 95.3 Å². The van der Waals surface area contributed by atoms with Crippen LogP contribution in [0.3, 0.4) is 0 Å². The molecule has 3 aromatic rings. The number of aromatic carboxylic acids is 1. The van der Waals surface area contributed by atoms with Gasteiger partial charge < -0.3 is 15.2 Å². The fourth-order valence-corrected chi connectivity index (χ4v) is 2.75. The molecule has 0 aliphatic carbocycles. The molecule has 3 rings (SSSR count). The maximum absolute atomic E-state index is 12.9. The van der Waals surface area contributed by atoms with E-state index in [2.05, 4.69) is 10.3 Å². The second-order valence-corrected chi connectivity index (χ2v) is 5.80. The first-order valence-electron chi connectivity index (χ1n) is 8.28. The average Bonchev–Trinajstić information content (AvgIpc) is 2.72. The zero-order chi connectivity index (χ0) is 19.2. The fraction of sp³-hybridized carbons (Fsp3) is 0.0952. The number of ether oxygens (including phenoxy) is 1. The van der Waals surface area contributed by atoms with Crippen LogP contribution in [-0.2, 0) is 0 Å². The van der Waals surface area contributed by atoms with E-state index in [1.54, 1.807) is 0 Å². The Hall–Kier alpha value is -3.67. The molecule has 2 N–H and O–H groups in total. The highest BCUT2D eigenvalue weighted by Crippen LogP contribution is 2.24. The molecule has 0 radical (unpaired) electrons. The van der Waals surface area contributed by atoms with Gasteiger partial charge in [-0.05, 0) is 11.1 Å². The van der Waals surface area contributed by atoms with E-state index >= 15 is 0 Å². The highest BCUT2D eigenvalue weighted by Gasteiger charge is 2.21. The van der Waals surface area contributed by atoms with Crippen LogP contribution in [0.4, 0.5) is 0 Å². The van der Waals surface area contributed by atoms with Gasteiger partial charge >= 0.3 is 5.97 Å². The Morgan fingerprint density at radius 3 is 2.04 bits per heavy atom. The lowest BCUT2D eigenvalue weighted by Crippen LogP contribution is -2.30. The van der Waals surface area contributed by atoms with E-state index in [9.17, 15) is 9.59 Å². The standard InChI is InChI=1S/C21H18N2O4/c1-27-18-12-17(21(25)26)22-13-16(18)20(24)23-19(14-8-4-2-5-9-14)15-10-6-3-7-11-15/h2-13,19H,1H3,(H,23,24)(H,25,26). The number of rotatable bonds is 6. The van der Waals surface area contributed by atoms with E-state index < -0.39 is 11.9 Å². The number of amides is 1. The largest absolute Gasteiger partial charge is 0.496 e. The molecule has 0 aliphatic heterocycles. The smallest absolute Gasteiger partial charge is 0.354 e. The predicted molar refractivity (Wildman–Crippen MR) is 99.9 cm³/mol. The number of carboxylic acid groups (broad SMARTS) is 1. The van der Waals surface area contributed by atoms with Crippen molar-refractivity contribution in [1.82, 2.24) is 10.3 Å². The van der Waals surface area contributed by atoms with Crippen molar-refractivity contribution in [3.63, 3.8) is 0 Å². The molecule has 0 bridgehead atoms. The van der Waals surface area contributed by atoms with E-state index in [-0.39, 0.29) is 23.0 Å². The SMILES string of the molecule is COc1cc(C(=O)O)ncc1C(=O)NC(c1ccccc1)c1ccccc1. The maximum Gasteiger partial charge on any atom is 0.354 e. The summed E-state index contributed by atoms with van der Waals surface area (Å²) >= 11 is 0. The number of nitrogens with one attached hydrogen (secondary N) is 1. The third kappa shape index (κ3) is 4.12. The van der Waals surface area contributed by atoms with Crippen LogP contribution in [-0.4, -0.2) is 29.1 Å². The van der Waals surface area contributed by atoms with Gasteiger partial charge in [0.1, 0.15) is 5.75 Å². The van der Waals surface area contributed by atoms with E-state index in [1.165, 1.54) is 19.4 Å². The van der Waals surface area contributed by atoms with Crippen LogP contribution in [0.25, 0.3) is 0 Å². The van der Waals surface area contributed by atoms with E-state index in [1.807, 2.05) is 60.7 Å². The van der Waals surface area contributed by atoms with Gasteiger partial charge in [0, 0.05) is 12.3 Å². The number of benzene rings is 2. The van der Waals surface area contributed by atoms with Crippen molar-refractivity contribution < 1.29 is 19.4 Å². The molecule has 0 spiro atoms. The lowest BCUT2D eigenvalue weighted by Gasteiger charge is -2.20. The average molecular weight is 362 g/mol. The number of aromatic nitrogens is 1. The van der Waals surface area contributed by atoms with Crippen LogP contribution in [0.2, 0.25) is 0 Å². The van der Waals surface area contributed by atoms with E-state index in [0.717, 1.165) is 11.1 Å². The summed E-state index contributed by atoms with van der Waals surface area (Å²) in [4.78, 5) is 27.8. The monoisotopic (exact) mass is 362 g/mol.